The predicted molar refractivity (Wildman–Crippen MR) is 169 cm³/mol. The molecule has 4 heteroatoms. The number of allylic oxidation sites excluding steroid dienone is 4. The molecule has 4 nitrogen and oxygen atoms in total. The monoisotopic (exact) mass is 568 g/mol. The SMILES string of the molecule is Cc1cc(C2=CCC(C3(C4CC=C(c5ccc(OCC6CO6)c(C)c5)CC4)CCCCC3)CC2)ccc1OCC1CO1. The van der Waals surface area contributed by atoms with Crippen LogP contribution >= 0.6 is 0 Å². The standard InChI is InChI=1S/C38H48O4/c1-26-20-30(10-16-36(26)41-24-34-22-39-34)28-6-12-32(13-7-28)38(18-4-3-5-19-38)33-14-8-29(9-15-33)31-11-17-37(27(2)21-31)42-25-35-23-40-35/h6,8,10-11,16-17,20-21,32-35H,3-5,7,9,12-15,18-19,22-25H2,1-2H3. The molecule has 0 bridgehead atoms. The van der Waals surface area contributed by atoms with Gasteiger partial charge in [0.05, 0.1) is 13.2 Å². The van der Waals surface area contributed by atoms with Gasteiger partial charge in [0, 0.05) is 0 Å². The maximum atomic E-state index is 5.99. The Bertz CT molecular complexity index is 1230. The summed E-state index contributed by atoms with van der Waals surface area (Å²) in [6.07, 6.45) is 20.5. The van der Waals surface area contributed by atoms with Gasteiger partial charge in [0.25, 0.3) is 0 Å². The van der Waals surface area contributed by atoms with Crippen LogP contribution in [-0.4, -0.2) is 38.6 Å². The van der Waals surface area contributed by atoms with Crippen molar-refractivity contribution in [2.45, 2.75) is 96.7 Å². The van der Waals surface area contributed by atoms with E-state index in [-0.39, 0.29) is 0 Å². The molecule has 2 saturated heterocycles. The minimum Gasteiger partial charge on any atom is -0.491 e. The Morgan fingerprint density at radius 1 is 0.690 bits per heavy atom. The Labute approximate surface area is 252 Å². The molecule has 0 spiro atoms. The highest BCUT2D eigenvalue weighted by molar-refractivity contribution is 5.69. The van der Waals surface area contributed by atoms with Gasteiger partial charge in [0.2, 0.25) is 0 Å². The molecule has 7 rings (SSSR count). The first-order valence-corrected chi connectivity index (χ1v) is 16.7. The molecule has 0 N–H and O–H groups in total. The van der Waals surface area contributed by atoms with Crippen molar-refractivity contribution in [1.29, 1.82) is 0 Å². The summed E-state index contributed by atoms with van der Waals surface area (Å²) in [5.41, 5.74) is 8.82. The van der Waals surface area contributed by atoms with Crippen molar-refractivity contribution in [3.05, 3.63) is 70.8 Å². The Balaban J connectivity index is 1.02. The summed E-state index contributed by atoms with van der Waals surface area (Å²) < 4.78 is 22.6. The highest BCUT2D eigenvalue weighted by Crippen LogP contribution is 2.57. The fraction of sp³-hybridized carbons (Fsp3) is 0.579. The van der Waals surface area contributed by atoms with E-state index in [4.69, 9.17) is 18.9 Å². The number of hydrogen-bond acceptors (Lipinski definition) is 4. The fourth-order valence-corrected chi connectivity index (χ4v) is 8.31. The molecule has 1 saturated carbocycles. The van der Waals surface area contributed by atoms with Gasteiger partial charge in [-0.25, -0.2) is 0 Å². The maximum absolute atomic E-state index is 5.99. The van der Waals surface area contributed by atoms with Crippen molar-refractivity contribution in [2.24, 2.45) is 17.3 Å². The molecule has 3 aliphatic carbocycles. The van der Waals surface area contributed by atoms with Gasteiger partial charge >= 0.3 is 0 Å². The molecule has 4 unspecified atom stereocenters. The molecule has 3 fully saturated rings. The number of ether oxygens (including phenoxy) is 4. The van der Waals surface area contributed by atoms with Crippen LogP contribution in [-0.2, 0) is 9.47 Å². The quantitative estimate of drug-likeness (QED) is 0.269. The fourth-order valence-electron chi connectivity index (χ4n) is 8.31. The molecule has 224 valence electrons. The molecule has 0 amide bonds. The van der Waals surface area contributed by atoms with E-state index in [2.05, 4.69) is 62.4 Å². The lowest BCUT2D eigenvalue weighted by Crippen LogP contribution is -2.41. The van der Waals surface area contributed by atoms with Gasteiger partial charge in [-0.3, -0.25) is 0 Å². The minimum atomic E-state index is 0.295. The van der Waals surface area contributed by atoms with Crippen molar-refractivity contribution in [2.75, 3.05) is 26.4 Å². The molecule has 5 aliphatic rings. The summed E-state index contributed by atoms with van der Waals surface area (Å²) in [5, 5.41) is 0. The molecule has 2 aromatic rings. The number of benzene rings is 2. The van der Waals surface area contributed by atoms with Crippen molar-refractivity contribution < 1.29 is 18.9 Å². The van der Waals surface area contributed by atoms with E-state index in [0.29, 0.717) is 30.8 Å². The lowest BCUT2D eigenvalue weighted by Gasteiger charge is -2.51. The predicted octanol–water partition coefficient (Wildman–Crippen LogP) is 8.88. The first-order valence-electron chi connectivity index (χ1n) is 16.7. The Morgan fingerprint density at radius 2 is 1.17 bits per heavy atom. The van der Waals surface area contributed by atoms with Gasteiger partial charge < -0.3 is 18.9 Å². The number of hydrogen-bond donors (Lipinski definition) is 0. The van der Waals surface area contributed by atoms with E-state index in [1.165, 1.54) is 104 Å². The lowest BCUT2D eigenvalue weighted by molar-refractivity contribution is 0.0142. The summed E-state index contributed by atoms with van der Waals surface area (Å²) in [5.74, 6) is 3.63. The van der Waals surface area contributed by atoms with Gasteiger partial charge in [-0.15, -0.1) is 0 Å². The average Bonchev–Trinajstić information content (AvgIpc) is 3.97. The van der Waals surface area contributed by atoms with E-state index in [9.17, 15) is 0 Å². The van der Waals surface area contributed by atoms with Gasteiger partial charge in [0.15, 0.2) is 0 Å². The Hall–Kier alpha value is -2.56. The van der Waals surface area contributed by atoms with E-state index in [1.54, 1.807) is 0 Å². The van der Waals surface area contributed by atoms with Crippen LogP contribution in [0.15, 0.2) is 48.6 Å². The van der Waals surface area contributed by atoms with Crippen LogP contribution in [0.1, 0.15) is 92.9 Å². The molecule has 2 aliphatic heterocycles. The zero-order valence-corrected chi connectivity index (χ0v) is 25.7. The van der Waals surface area contributed by atoms with Gasteiger partial charge in [-0.05, 0) is 140 Å². The van der Waals surface area contributed by atoms with Gasteiger partial charge in [-0.1, -0.05) is 43.5 Å². The highest BCUT2D eigenvalue weighted by atomic mass is 16.6. The van der Waals surface area contributed by atoms with E-state index in [0.717, 1.165) is 36.5 Å². The zero-order chi connectivity index (χ0) is 28.5. The van der Waals surface area contributed by atoms with Crippen LogP contribution in [0.3, 0.4) is 0 Å². The second-order valence-corrected chi connectivity index (χ2v) is 13.7. The summed E-state index contributed by atoms with van der Waals surface area (Å²) >= 11 is 0. The third-order valence-electron chi connectivity index (χ3n) is 11.0. The summed E-state index contributed by atoms with van der Waals surface area (Å²) in [6, 6.07) is 13.5. The Kier molecular flexibility index (Phi) is 8.20. The van der Waals surface area contributed by atoms with Crippen LogP contribution in [0.5, 0.6) is 11.5 Å². The van der Waals surface area contributed by atoms with Crippen molar-refractivity contribution in [3.8, 4) is 11.5 Å². The van der Waals surface area contributed by atoms with E-state index >= 15 is 0 Å². The second kappa shape index (κ2) is 12.2. The first-order chi connectivity index (χ1) is 20.6. The van der Waals surface area contributed by atoms with Crippen LogP contribution in [0.2, 0.25) is 0 Å². The normalized spacial score (nSPS) is 28.4. The van der Waals surface area contributed by atoms with Crippen LogP contribution < -0.4 is 9.47 Å². The van der Waals surface area contributed by atoms with E-state index in [1.807, 2.05) is 0 Å². The summed E-state index contributed by atoms with van der Waals surface area (Å²) in [7, 11) is 0. The topological polar surface area (TPSA) is 43.5 Å². The molecule has 4 atom stereocenters. The van der Waals surface area contributed by atoms with Crippen molar-refractivity contribution in [1.82, 2.24) is 0 Å². The largest absolute Gasteiger partial charge is 0.491 e. The number of rotatable bonds is 10. The molecule has 0 aromatic heterocycles. The zero-order valence-electron chi connectivity index (χ0n) is 25.7. The summed E-state index contributed by atoms with van der Waals surface area (Å²) in [4.78, 5) is 0. The molecule has 42 heavy (non-hydrogen) atoms. The molecule has 2 aromatic carbocycles. The number of epoxide rings is 2. The van der Waals surface area contributed by atoms with E-state index < -0.39 is 0 Å². The third-order valence-corrected chi connectivity index (χ3v) is 11.0. The second-order valence-electron chi connectivity index (χ2n) is 13.7. The average molecular weight is 569 g/mol. The molecule has 2 heterocycles. The molecular weight excluding hydrogens is 520 g/mol. The van der Waals surface area contributed by atoms with Gasteiger partial charge in [0.1, 0.15) is 36.9 Å². The third kappa shape index (κ3) is 6.21. The van der Waals surface area contributed by atoms with Crippen molar-refractivity contribution >= 4 is 11.1 Å². The molecule has 0 radical (unpaired) electrons. The van der Waals surface area contributed by atoms with Crippen LogP contribution in [0, 0.1) is 31.1 Å². The Morgan fingerprint density at radius 3 is 1.55 bits per heavy atom. The van der Waals surface area contributed by atoms with Gasteiger partial charge in [-0.2, -0.15) is 0 Å². The molecular formula is C38H48O4. The van der Waals surface area contributed by atoms with Crippen LogP contribution in [0.4, 0.5) is 0 Å². The highest BCUT2D eigenvalue weighted by Gasteiger charge is 2.45. The minimum absolute atomic E-state index is 0.295. The number of aryl methyl sites for hydroxylation is 2. The lowest BCUT2D eigenvalue weighted by atomic mass is 9.54. The van der Waals surface area contributed by atoms with Crippen molar-refractivity contribution in [3.63, 3.8) is 0 Å². The smallest absolute Gasteiger partial charge is 0.122 e. The van der Waals surface area contributed by atoms with Crippen LogP contribution in [0.25, 0.3) is 11.1 Å². The first kappa shape index (κ1) is 28.2. The maximum Gasteiger partial charge on any atom is 0.122 e. The summed E-state index contributed by atoms with van der Waals surface area (Å²) in [6.45, 7) is 7.37.